The van der Waals surface area contributed by atoms with Gasteiger partial charge in [-0.15, -0.1) is 0 Å². The highest BCUT2D eigenvalue weighted by Crippen LogP contribution is 2.20. The normalized spacial score (nSPS) is 12.4. The van der Waals surface area contributed by atoms with Crippen molar-refractivity contribution in [2.45, 2.75) is 26.9 Å². The number of carbonyl (C=O) groups excluding carboxylic acids is 1. The van der Waals surface area contributed by atoms with Gasteiger partial charge < -0.3 is 9.64 Å². The molecule has 0 N–H and O–H groups in total. The van der Waals surface area contributed by atoms with Crippen LogP contribution >= 0.6 is 0 Å². The minimum Gasteiger partial charge on any atom is -0.459 e. The van der Waals surface area contributed by atoms with Crippen molar-refractivity contribution >= 4 is 11.7 Å². The maximum Gasteiger partial charge on any atom is 0.340 e. The van der Waals surface area contributed by atoms with E-state index < -0.39 is 0 Å². The van der Waals surface area contributed by atoms with Crippen LogP contribution in [-0.4, -0.2) is 26.2 Å². The van der Waals surface area contributed by atoms with Crippen LogP contribution in [0.15, 0.2) is 24.3 Å². The zero-order valence-electron chi connectivity index (χ0n) is 11.2. The Balaban J connectivity index is 2.89. The zero-order chi connectivity index (χ0) is 13.0. The highest BCUT2D eigenvalue weighted by Gasteiger charge is 2.18. The highest BCUT2D eigenvalue weighted by atomic mass is 16.5. The van der Waals surface area contributed by atoms with Gasteiger partial charge in [0.05, 0.1) is 11.3 Å². The monoisotopic (exact) mass is 235 g/mol. The number of ether oxygens (including phenoxy) is 1. The van der Waals surface area contributed by atoms with Gasteiger partial charge in [-0.25, -0.2) is 4.79 Å². The molecule has 0 aliphatic carbocycles. The Kier molecular flexibility index (Phi) is 4.55. The molecule has 0 aliphatic rings. The molecular formula is C14H21NO2. The second-order valence-electron chi connectivity index (χ2n) is 4.77. The van der Waals surface area contributed by atoms with E-state index in [1.165, 1.54) is 0 Å². The number of benzene rings is 1. The number of hydrogen-bond acceptors (Lipinski definition) is 3. The molecule has 0 fully saturated rings. The van der Waals surface area contributed by atoms with Crippen molar-refractivity contribution in [1.29, 1.82) is 0 Å². The summed E-state index contributed by atoms with van der Waals surface area (Å²) in [6.07, 6.45) is -0.0716. The van der Waals surface area contributed by atoms with Gasteiger partial charge in [0.15, 0.2) is 0 Å². The van der Waals surface area contributed by atoms with Crippen molar-refractivity contribution in [3.05, 3.63) is 29.8 Å². The predicted octanol–water partition coefficient (Wildman–Crippen LogP) is 2.95. The number of carbonyl (C=O) groups is 1. The molecule has 3 heteroatoms. The summed E-state index contributed by atoms with van der Waals surface area (Å²) in [5, 5.41) is 0. The van der Waals surface area contributed by atoms with E-state index in [-0.39, 0.29) is 12.1 Å². The van der Waals surface area contributed by atoms with E-state index in [1.54, 1.807) is 6.07 Å². The molecular weight excluding hydrogens is 214 g/mol. The van der Waals surface area contributed by atoms with E-state index in [4.69, 9.17) is 4.74 Å². The highest BCUT2D eigenvalue weighted by molar-refractivity contribution is 5.95. The molecule has 1 atom stereocenters. The van der Waals surface area contributed by atoms with Crippen LogP contribution in [0.1, 0.15) is 31.1 Å². The first kappa shape index (κ1) is 13.6. The third-order valence-corrected chi connectivity index (χ3v) is 2.84. The minimum atomic E-state index is -0.254. The van der Waals surface area contributed by atoms with Gasteiger partial charge in [0.1, 0.15) is 6.10 Å². The minimum absolute atomic E-state index is 0.0716. The summed E-state index contributed by atoms with van der Waals surface area (Å²) in [5.74, 6) is 0.0703. The van der Waals surface area contributed by atoms with Crippen molar-refractivity contribution in [3.63, 3.8) is 0 Å². The average Bonchev–Trinajstić information content (AvgIpc) is 2.28. The van der Waals surface area contributed by atoms with Crippen LogP contribution in [0.25, 0.3) is 0 Å². The molecule has 94 valence electrons. The van der Waals surface area contributed by atoms with Crippen LogP contribution in [0.2, 0.25) is 0 Å². The Labute approximate surface area is 103 Å². The van der Waals surface area contributed by atoms with Crippen LogP contribution < -0.4 is 4.90 Å². The molecule has 0 saturated carbocycles. The maximum absolute atomic E-state index is 12.0. The summed E-state index contributed by atoms with van der Waals surface area (Å²) < 4.78 is 5.42. The summed E-state index contributed by atoms with van der Waals surface area (Å²) in [7, 11) is 3.83. The number of para-hydroxylation sites is 1. The first-order valence-electron chi connectivity index (χ1n) is 5.90. The van der Waals surface area contributed by atoms with Gasteiger partial charge in [0.2, 0.25) is 0 Å². The summed E-state index contributed by atoms with van der Waals surface area (Å²) >= 11 is 0. The summed E-state index contributed by atoms with van der Waals surface area (Å²) in [6.45, 7) is 5.99. The topological polar surface area (TPSA) is 29.5 Å². The van der Waals surface area contributed by atoms with Crippen molar-refractivity contribution in [2.24, 2.45) is 5.92 Å². The van der Waals surface area contributed by atoms with Crippen LogP contribution in [0.4, 0.5) is 5.69 Å². The lowest BCUT2D eigenvalue weighted by molar-refractivity contribution is 0.0239. The van der Waals surface area contributed by atoms with E-state index >= 15 is 0 Å². The Morgan fingerprint density at radius 2 is 1.76 bits per heavy atom. The molecule has 0 bridgehead atoms. The van der Waals surface area contributed by atoms with Crippen LogP contribution in [0.3, 0.4) is 0 Å². The number of anilines is 1. The number of rotatable bonds is 4. The summed E-state index contributed by atoms with van der Waals surface area (Å²) in [6, 6.07) is 7.48. The van der Waals surface area contributed by atoms with Gasteiger partial charge in [-0.05, 0) is 25.0 Å². The SMILES string of the molecule is CC(C)C(C)OC(=O)c1ccccc1N(C)C. The van der Waals surface area contributed by atoms with Gasteiger partial charge in [-0.3, -0.25) is 0 Å². The fourth-order valence-electron chi connectivity index (χ4n) is 1.40. The van der Waals surface area contributed by atoms with Gasteiger partial charge in [0.25, 0.3) is 0 Å². The molecule has 17 heavy (non-hydrogen) atoms. The van der Waals surface area contributed by atoms with Crippen molar-refractivity contribution in [2.75, 3.05) is 19.0 Å². The quantitative estimate of drug-likeness (QED) is 0.751. The fourth-order valence-corrected chi connectivity index (χ4v) is 1.40. The largest absolute Gasteiger partial charge is 0.459 e. The fraction of sp³-hybridized carbons (Fsp3) is 0.500. The van der Waals surface area contributed by atoms with Crippen molar-refractivity contribution in [1.82, 2.24) is 0 Å². The molecule has 1 aromatic carbocycles. The zero-order valence-corrected chi connectivity index (χ0v) is 11.2. The van der Waals surface area contributed by atoms with Crippen LogP contribution in [0.5, 0.6) is 0 Å². The Morgan fingerprint density at radius 3 is 2.29 bits per heavy atom. The van der Waals surface area contributed by atoms with Gasteiger partial charge in [0, 0.05) is 14.1 Å². The van der Waals surface area contributed by atoms with Gasteiger partial charge in [-0.1, -0.05) is 26.0 Å². The molecule has 0 radical (unpaired) electrons. The van der Waals surface area contributed by atoms with Crippen LogP contribution in [-0.2, 0) is 4.74 Å². The van der Waals surface area contributed by atoms with E-state index in [1.807, 2.05) is 58.0 Å². The number of esters is 1. The first-order chi connectivity index (χ1) is 7.93. The van der Waals surface area contributed by atoms with Gasteiger partial charge in [-0.2, -0.15) is 0 Å². The molecule has 0 aliphatic heterocycles. The first-order valence-corrected chi connectivity index (χ1v) is 5.90. The predicted molar refractivity (Wildman–Crippen MR) is 70.5 cm³/mol. The molecule has 1 unspecified atom stereocenters. The molecule has 0 saturated heterocycles. The lowest BCUT2D eigenvalue weighted by Gasteiger charge is -2.20. The van der Waals surface area contributed by atoms with Crippen LogP contribution in [0, 0.1) is 5.92 Å². The molecule has 0 spiro atoms. The Bertz CT molecular complexity index is 386. The molecule has 1 rings (SSSR count). The van der Waals surface area contributed by atoms with Crippen molar-refractivity contribution < 1.29 is 9.53 Å². The lowest BCUT2D eigenvalue weighted by atomic mass is 10.1. The summed E-state index contributed by atoms with van der Waals surface area (Å²) in [5.41, 5.74) is 1.50. The van der Waals surface area contributed by atoms with Crippen molar-refractivity contribution in [3.8, 4) is 0 Å². The molecule has 0 aromatic heterocycles. The lowest BCUT2D eigenvalue weighted by Crippen LogP contribution is -2.22. The third-order valence-electron chi connectivity index (χ3n) is 2.84. The average molecular weight is 235 g/mol. The van der Waals surface area contributed by atoms with E-state index in [0.29, 0.717) is 11.5 Å². The molecule has 3 nitrogen and oxygen atoms in total. The van der Waals surface area contributed by atoms with E-state index in [9.17, 15) is 4.79 Å². The van der Waals surface area contributed by atoms with E-state index in [0.717, 1.165) is 5.69 Å². The smallest absolute Gasteiger partial charge is 0.340 e. The second kappa shape index (κ2) is 5.71. The Hall–Kier alpha value is -1.51. The number of nitrogens with zero attached hydrogens (tertiary/aromatic N) is 1. The standard InChI is InChI=1S/C14H21NO2/c1-10(2)11(3)17-14(16)12-8-6-7-9-13(12)15(4)5/h6-11H,1-5H3. The van der Waals surface area contributed by atoms with E-state index in [2.05, 4.69) is 0 Å². The molecule has 0 heterocycles. The summed E-state index contributed by atoms with van der Waals surface area (Å²) in [4.78, 5) is 13.9. The number of hydrogen-bond donors (Lipinski definition) is 0. The Morgan fingerprint density at radius 1 is 1.18 bits per heavy atom. The van der Waals surface area contributed by atoms with Gasteiger partial charge >= 0.3 is 5.97 Å². The molecule has 1 aromatic rings. The third kappa shape index (κ3) is 3.48. The molecule has 0 amide bonds. The second-order valence-corrected chi connectivity index (χ2v) is 4.77. The maximum atomic E-state index is 12.0.